The molecule has 2 aromatic carbocycles. The van der Waals surface area contributed by atoms with Crippen LogP contribution in [0.15, 0.2) is 59.1 Å². The van der Waals surface area contributed by atoms with Crippen LogP contribution in [-0.4, -0.2) is 24.0 Å². The number of halogens is 1. The van der Waals surface area contributed by atoms with Crippen molar-refractivity contribution in [2.45, 2.75) is 51.7 Å². The van der Waals surface area contributed by atoms with Crippen LogP contribution in [0.3, 0.4) is 0 Å². The minimum atomic E-state index is -0.776. The second-order valence-electron chi connectivity index (χ2n) is 8.00. The highest BCUT2D eigenvalue weighted by molar-refractivity contribution is 9.10. The molecular weight excluding hydrogens is 444 g/mol. The van der Waals surface area contributed by atoms with Crippen molar-refractivity contribution in [1.29, 1.82) is 0 Å². The number of amides is 2. The van der Waals surface area contributed by atoms with E-state index in [4.69, 9.17) is 4.84 Å². The van der Waals surface area contributed by atoms with Crippen LogP contribution in [-0.2, 0) is 14.4 Å². The number of benzene rings is 2. The second-order valence-corrected chi connectivity index (χ2v) is 8.92. The van der Waals surface area contributed by atoms with E-state index in [0.29, 0.717) is 5.69 Å². The first-order chi connectivity index (χ1) is 14.6. The van der Waals surface area contributed by atoms with Gasteiger partial charge in [-0.3, -0.25) is 14.4 Å². The number of carbonyl (C=O) groups excluding carboxylic acids is 2. The Kier molecular flexibility index (Phi) is 6.25. The first kappa shape index (κ1) is 21.1. The number of hydrogen-bond donors (Lipinski definition) is 0. The average molecular weight is 471 g/mol. The molecule has 0 N–H and O–H groups in total. The van der Waals surface area contributed by atoms with Gasteiger partial charge in [0.2, 0.25) is 5.91 Å². The van der Waals surface area contributed by atoms with Crippen LogP contribution in [0.5, 0.6) is 0 Å². The fourth-order valence-corrected chi connectivity index (χ4v) is 4.93. The summed E-state index contributed by atoms with van der Waals surface area (Å²) in [6.45, 7) is 4.33. The molecule has 6 heteroatoms. The van der Waals surface area contributed by atoms with Crippen molar-refractivity contribution in [2.24, 2.45) is 11.8 Å². The Labute approximate surface area is 186 Å². The summed E-state index contributed by atoms with van der Waals surface area (Å²) in [6.07, 6.45) is 3.35. The standard InChI is InChI=1S/C24H27BrN2O3/c1-3-5-9-16(4-2)21-20-22(30-27(21)19-10-7-6-8-11-19)24(29)26(23(20)28)18-14-12-17(25)13-15-18/h6-8,10-16,20-22H,3-5,9H2,1-2H3/t16-,20+,21-,22+/m0/s1. The van der Waals surface area contributed by atoms with Crippen molar-refractivity contribution in [3.05, 3.63) is 59.1 Å². The van der Waals surface area contributed by atoms with Crippen molar-refractivity contribution in [3.63, 3.8) is 0 Å². The Bertz CT molecular complexity index is 902. The normalized spacial score (nSPS) is 24.4. The molecule has 2 saturated heterocycles. The molecular formula is C24H27BrN2O3. The van der Waals surface area contributed by atoms with Gasteiger partial charge in [0, 0.05) is 4.47 Å². The Hall–Kier alpha value is -2.18. The molecule has 2 aromatic rings. The predicted octanol–water partition coefficient (Wildman–Crippen LogP) is 5.34. The molecule has 2 aliphatic heterocycles. The lowest BCUT2D eigenvalue weighted by Gasteiger charge is -2.33. The highest BCUT2D eigenvalue weighted by atomic mass is 79.9. The van der Waals surface area contributed by atoms with Crippen LogP contribution < -0.4 is 9.96 Å². The lowest BCUT2D eigenvalue weighted by molar-refractivity contribution is -0.126. The summed E-state index contributed by atoms with van der Waals surface area (Å²) >= 11 is 3.41. The van der Waals surface area contributed by atoms with Crippen LogP contribution in [0.4, 0.5) is 11.4 Å². The molecule has 2 aliphatic rings. The summed E-state index contributed by atoms with van der Waals surface area (Å²) < 4.78 is 0.903. The molecule has 2 amide bonds. The van der Waals surface area contributed by atoms with Gasteiger partial charge in [0.15, 0.2) is 6.10 Å². The molecule has 0 aliphatic carbocycles. The van der Waals surface area contributed by atoms with E-state index in [2.05, 4.69) is 29.8 Å². The summed E-state index contributed by atoms with van der Waals surface area (Å²) in [5.41, 5.74) is 1.49. The van der Waals surface area contributed by atoms with Crippen molar-refractivity contribution in [2.75, 3.05) is 9.96 Å². The van der Waals surface area contributed by atoms with Crippen LogP contribution in [0.25, 0.3) is 0 Å². The number of nitrogens with zero attached hydrogens (tertiary/aromatic N) is 2. The molecule has 0 unspecified atom stereocenters. The maximum Gasteiger partial charge on any atom is 0.266 e. The smallest absolute Gasteiger partial charge is 0.266 e. The maximum atomic E-state index is 13.6. The monoisotopic (exact) mass is 470 g/mol. The predicted molar refractivity (Wildman–Crippen MR) is 121 cm³/mol. The molecule has 2 fully saturated rings. The van der Waals surface area contributed by atoms with E-state index in [1.54, 1.807) is 12.1 Å². The first-order valence-electron chi connectivity index (χ1n) is 10.7. The molecule has 0 spiro atoms. The molecule has 30 heavy (non-hydrogen) atoms. The van der Waals surface area contributed by atoms with Crippen molar-refractivity contribution in [1.82, 2.24) is 0 Å². The van der Waals surface area contributed by atoms with Gasteiger partial charge < -0.3 is 0 Å². The summed E-state index contributed by atoms with van der Waals surface area (Å²) in [5.74, 6) is -0.670. The van der Waals surface area contributed by atoms with Crippen molar-refractivity contribution >= 4 is 39.1 Å². The Balaban J connectivity index is 1.71. The molecule has 5 nitrogen and oxygen atoms in total. The molecule has 0 saturated carbocycles. The Morgan fingerprint density at radius 1 is 0.967 bits per heavy atom. The summed E-state index contributed by atoms with van der Waals surface area (Å²) in [4.78, 5) is 34.3. The SMILES string of the molecule is CCCC[C@H](CC)[C@H]1[C@H]2C(=O)N(c3ccc(Br)cc3)C(=O)[C@@H]2ON1c1ccccc1. The molecule has 4 rings (SSSR count). The number of hydrogen-bond acceptors (Lipinski definition) is 4. The zero-order valence-corrected chi connectivity index (χ0v) is 18.9. The fraction of sp³-hybridized carbons (Fsp3) is 0.417. The Morgan fingerprint density at radius 3 is 2.30 bits per heavy atom. The lowest BCUT2D eigenvalue weighted by Crippen LogP contribution is -2.44. The first-order valence-corrected chi connectivity index (χ1v) is 11.5. The molecule has 158 valence electrons. The summed E-state index contributed by atoms with van der Waals surface area (Å²) in [5, 5.41) is 1.84. The number of imide groups is 1. The summed E-state index contributed by atoms with van der Waals surface area (Å²) in [6, 6.07) is 16.9. The molecule has 0 bridgehead atoms. The van der Waals surface area contributed by atoms with E-state index >= 15 is 0 Å². The largest absolute Gasteiger partial charge is 0.273 e. The number of unbranched alkanes of at least 4 members (excludes halogenated alkanes) is 1. The molecule has 0 radical (unpaired) electrons. The van der Waals surface area contributed by atoms with E-state index in [9.17, 15) is 9.59 Å². The second kappa shape index (κ2) is 8.90. The van der Waals surface area contributed by atoms with Crippen LogP contribution >= 0.6 is 15.9 Å². The van der Waals surface area contributed by atoms with Gasteiger partial charge in [-0.05, 0) is 48.7 Å². The van der Waals surface area contributed by atoms with Gasteiger partial charge in [-0.15, -0.1) is 0 Å². The number of para-hydroxylation sites is 1. The van der Waals surface area contributed by atoms with Crippen molar-refractivity contribution in [3.8, 4) is 0 Å². The third kappa shape index (κ3) is 3.67. The number of hydroxylamine groups is 1. The highest BCUT2D eigenvalue weighted by Crippen LogP contribution is 2.44. The fourth-order valence-electron chi connectivity index (χ4n) is 4.66. The van der Waals surface area contributed by atoms with E-state index in [1.807, 2.05) is 47.5 Å². The van der Waals surface area contributed by atoms with Gasteiger partial charge in [-0.25, -0.2) is 9.96 Å². The number of rotatable bonds is 7. The zero-order valence-electron chi connectivity index (χ0n) is 17.3. The van der Waals surface area contributed by atoms with Crippen LogP contribution in [0, 0.1) is 11.8 Å². The average Bonchev–Trinajstić information content (AvgIpc) is 3.27. The molecule has 2 heterocycles. The van der Waals surface area contributed by atoms with Gasteiger partial charge in [0.05, 0.1) is 23.3 Å². The maximum absolute atomic E-state index is 13.6. The van der Waals surface area contributed by atoms with E-state index < -0.39 is 12.0 Å². The van der Waals surface area contributed by atoms with Crippen LogP contribution in [0.1, 0.15) is 39.5 Å². The van der Waals surface area contributed by atoms with Gasteiger partial charge in [-0.2, -0.15) is 0 Å². The van der Waals surface area contributed by atoms with Gasteiger partial charge in [0.25, 0.3) is 5.91 Å². The van der Waals surface area contributed by atoms with E-state index in [-0.39, 0.29) is 23.8 Å². The third-order valence-electron chi connectivity index (χ3n) is 6.19. The topological polar surface area (TPSA) is 49.9 Å². The number of carbonyl (C=O) groups is 2. The number of fused-ring (bicyclic) bond motifs is 1. The number of anilines is 2. The van der Waals surface area contributed by atoms with Gasteiger partial charge >= 0.3 is 0 Å². The van der Waals surface area contributed by atoms with Crippen LogP contribution in [0.2, 0.25) is 0 Å². The van der Waals surface area contributed by atoms with Gasteiger partial charge in [0.1, 0.15) is 0 Å². The lowest BCUT2D eigenvalue weighted by atomic mass is 9.82. The zero-order chi connectivity index (χ0) is 21.3. The van der Waals surface area contributed by atoms with E-state index in [1.165, 1.54) is 4.90 Å². The quantitative estimate of drug-likeness (QED) is 0.512. The molecule has 0 aromatic heterocycles. The Morgan fingerprint density at radius 2 is 1.67 bits per heavy atom. The van der Waals surface area contributed by atoms with Gasteiger partial charge in [-0.1, -0.05) is 67.2 Å². The minimum absolute atomic E-state index is 0.161. The summed E-state index contributed by atoms with van der Waals surface area (Å²) in [7, 11) is 0. The highest BCUT2D eigenvalue weighted by Gasteiger charge is 2.61. The molecule has 4 atom stereocenters. The third-order valence-corrected chi connectivity index (χ3v) is 6.72. The van der Waals surface area contributed by atoms with Crippen molar-refractivity contribution < 1.29 is 14.4 Å². The minimum Gasteiger partial charge on any atom is -0.273 e. The van der Waals surface area contributed by atoms with E-state index in [0.717, 1.165) is 35.8 Å².